The lowest BCUT2D eigenvalue weighted by Gasteiger charge is -2.28. The van der Waals surface area contributed by atoms with Crippen LogP contribution in [-0.4, -0.2) is 6.54 Å². The van der Waals surface area contributed by atoms with Gasteiger partial charge >= 0.3 is 0 Å². The molecule has 0 radical (unpaired) electrons. The second-order valence-electron chi connectivity index (χ2n) is 5.37. The summed E-state index contributed by atoms with van der Waals surface area (Å²) < 4.78 is 0. The van der Waals surface area contributed by atoms with Crippen LogP contribution in [0.25, 0.3) is 0 Å². The molecule has 0 saturated heterocycles. The van der Waals surface area contributed by atoms with Crippen LogP contribution in [0.1, 0.15) is 33.7 Å². The molecule has 90 valence electrons. The molecule has 1 heterocycles. The lowest BCUT2D eigenvalue weighted by atomic mass is 9.83. The molecule has 1 nitrogen and oxygen atoms in total. The maximum Gasteiger partial charge on any atom is 0.0223 e. The smallest absolute Gasteiger partial charge is 0.0223 e. The van der Waals surface area contributed by atoms with Crippen LogP contribution in [0.4, 0.5) is 0 Å². The first-order valence-electron chi connectivity index (χ1n) is 6.82. The first-order chi connectivity index (χ1) is 8.93. The fourth-order valence-corrected chi connectivity index (χ4v) is 3.58. The number of rotatable bonds is 0. The van der Waals surface area contributed by atoms with Crippen LogP contribution in [0.3, 0.4) is 0 Å². The molecule has 1 heteroatoms. The van der Waals surface area contributed by atoms with E-state index < -0.39 is 0 Å². The van der Waals surface area contributed by atoms with Crippen molar-refractivity contribution >= 4 is 0 Å². The molecule has 18 heavy (non-hydrogen) atoms. The van der Waals surface area contributed by atoms with E-state index in [4.69, 9.17) is 0 Å². The van der Waals surface area contributed by atoms with Crippen molar-refractivity contribution in [2.75, 3.05) is 6.54 Å². The fourth-order valence-electron chi connectivity index (χ4n) is 3.58. The van der Waals surface area contributed by atoms with Gasteiger partial charge in [0.2, 0.25) is 0 Å². The van der Waals surface area contributed by atoms with E-state index in [2.05, 4.69) is 47.8 Å². The summed E-state index contributed by atoms with van der Waals surface area (Å²) in [6, 6.07) is 15.8. The van der Waals surface area contributed by atoms with Gasteiger partial charge < -0.3 is 5.32 Å². The van der Waals surface area contributed by atoms with Crippen LogP contribution < -0.4 is 5.32 Å². The van der Waals surface area contributed by atoms with Crippen molar-refractivity contribution in [3.63, 3.8) is 0 Å². The number of hydrogen-bond donors (Lipinski definition) is 1. The van der Waals surface area contributed by atoms with E-state index in [0.29, 0.717) is 5.92 Å². The molecule has 4 rings (SSSR count). The van der Waals surface area contributed by atoms with E-state index in [9.17, 15) is 0 Å². The van der Waals surface area contributed by atoms with Crippen LogP contribution in [-0.2, 0) is 19.4 Å². The topological polar surface area (TPSA) is 12.0 Å². The Morgan fingerprint density at radius 3 is 2.61 bits per heavy atom. The summed E-state index contributed by atoms with van der Waals surface area (Å²) >= 11 is 0. The van der Waals surface area contributed by atoms with Gasteiger partial charge in [-0.3, -0.25) is 0 Å². The number of nitrogens with one attached hydrogen (secondary N) is 1. The zero-order chi connectivity index (χ0) is 11.9. The number of benzene rings is 2. The maximum atomic E-state index is 3.57. The molecule has 1 atom stereocenters. The molecule has 2 aromatic carbocycles. The Morgan fingerprint density at radius 1 is 0.833 bits per heavy atom. The van der Waals surface area contributed by atoms with Crippen molar-refractivity contribution in [1.82, 2.24) is 5.32 Å². The lowest BCUT2D eigenvalue weighted by Crippen LogP contribution is -2.29. The van der Waals surface area contributed by atoms with E-state index in [1.54, 1.807) is 11.1 Å². The van der Waals surface area contributed by atoms with Gasteiger partial charge in [-0.15, -0.1) is 0 Å². The molecule has 0 amide bonds. The first-order valence-corrected chi connectivity index (χ1v) is 6.82. The van der Waals surface area contributed by atoms with E-state index in [1.807, 2.05) is 0 Å². The predicted octanol–water partition coefficient (Wildman–Crippen LogP) is 3.02. The third-order valence-corrected chi connectivity index (χ3v) is 4.39. The maximum absolute atomic E-state index is 3.57. The van der Waals surface area contributed by atoms with Gasteiger partial charge in [0.15, 0.2) is 0 Å². The van der Waals surface area contributed by atoms with E-state index in [1.165, 1.54) is 29.5 Å². The molecule has 1 aliphatic carbocycles. The highest BCUT2D eigenvalue weighted by Crippen LogP contribution is 2.37. The summed E-state index contributed by atoms with van der Waals surface area (Å²) in [5.41, 5.74) is 7.75. The molecule has 0 fully saturated rings. The minimum absolute atomic E-state index is 0.559. The summed E-state index contributed by atoms with van der Waals surface area (Å²) in [5.74, 6) is 0.559. The zero-order valence-corrected chi connectivity index (χ0v) is 10.4. The van der Waals surface area contributed by atoms with Gasteiger partial charge in [0.25, 0.3) is 0 Å². The molecule has 1 N–H and O–H groups in total. The molecule has 0 spiro atoms. The SMILES string of the molecule is c1ccc2c(c1)CCc1cccc3c1C2CNC3. The Labute approximate surface area is 108 Å². The fraction of sp³-hybridized carbons (Fsp3) is 0.294. The molecule has 1 aliphatic heterocycles. The van der Waals surface area contributed by atoms with Gasteiger partial charge in [-0.1, -0.05) is 42.5 Å². The van der Waals surface area contributed by atoms with Gasteiger partial charge in [0.05, 0.1) is 0 Å². The molecule has 0 saturated carbocycles. The average molecular weight is 235 g/mol. The Balaban J connectivity index is 1.98. The predicted molar refractivity (Wildman–Crippen MR) is 73.8 cm³/mol. The molecule has 1 unspecified atom stereocenters. The van der Waals surface area contributed by atoms with E-state index in [-0.39, 0.29) is 0 Å². The normalized spacial score (nSPS) is 20.8. The van der Waals surface area contributed by atoms with Crippen LogP contribution in [0.15, 0.2) is 42.5 Å². The van der Waals surface area contributed by atoms with E-state index >= 15 is 0 Å². The summed E-state index contributed by atoms with van der Waals surface area (Å²) in [5, 5.41) is 3.57. The van der Waals surface area contributed by atoms with Crippen molar-refractivity contribution in [2.45, 2.75) is 25.3 Å². The van der Waals surface area contributed by atoms with Gasteiger partial charge in [-0.25, -0.2) is 0 Å². The highest BCUT2D eigenvalue weighted by Gasteiger charge is 2.27. The largest absolute Gasteiger partial charge is 0.312 e. The van der Waals surface area contributed by atoms with Crippen LogP contribution >= 0.6 is 0 Å². The van der Waals surface area contributed by atoms with E-state index in [0.717, 1.165) is 13.1 Å². The Kier molecular flexibility index (Phi) is 2.27. The van der Waals surface area contributed by atoms with Crippen LogP contribution in [0, 0.1) is 0 Å². The second-order valence-corrected chi connectivity index (χ2v) is 5.37. The van der Waals surface area contributed by atoms with Crippen LogP contribution in [0.2, 0.25) is 0 Å². The Morgan fingerprint density at radius 2 is 1.61 bits per heavy atom. The molecule has 2 aliphatic rings. The van der Waals surface area contributed by atoms with Gasteiger partial charge in [0, 0.05) is 19.0 Å². The minimum atomic E-state index is 0.559. The zero-order valence-electron chi connectivity index (χ0n) is 10.4. The number of fused-ring (bicyclic) bond motifs is 2. The molecule has 0 aromatic heterocycles. The van der Waals surface area contributed by atoms with Crippen molar-refractivity contribution in [1.29, 1.82) is 0 Å². The Bertz CT molecular complexity index is 600. The monoisotopic (exact) mass is 235 g/mol. The number of hydrogen-bond acceptors (Lipinski definition) is 1. The molecular weight excluding hydrogens is 218 g/mol. The van der Waals surface area contributed by atoms with Gasteiger partial charge in [0.1, 0.15) is 0 Å². The van der Waals surface area contributed by atoms with Gasteiger partial charge in [-0.05, 0) is 40.7 Å². The summed E-state index contributed by atoms with van der Waals surface area (Å²) in [6.45, 7) is 2.11. The summed E-state index contributed by atoms with van der Waals surface area (Å²) in [6.07, 6.45) is 2.37. The standard InChI is InChI=1S/C17H17N/c1-2-7-15-12(4-1)8-9-13-5-3-6-14-10-18-11-16(15)17(13)14/h1-7,16,18H,8-11H2. The third kappa shape index (κ3) is 1.44. The van der Waals surface area contributed by atoms with Crippen LogP contribution in [0.5, 0.6) is 0 Å². The summed E-state index contributed by atoms with van der Waals surface area (Å²) in [4.78, 5) is 0. The van der Waals surface area contributed by atoms with Crippen molar-refractivity contribution in [3.05, 3.63) is 70.3 Å². The first kappa shape index (κ1) is 10.3. The average Bonchev–Trinajstić information content (AvgIpc) is 2.60. The number of aryl methyl sites for hydroxylation is 2. The van der Waals surface area contributed by atoms with Crippen molar-refractivity contribution < 1.29 is 0 Å². The molecule has 2 aromatic rings. The Hall–Kier alpha value is -1.60. The molecule has 0 bridgehead atoms. The quantitative estimate of drug-likeness (QED) is 0.740. The van der Waals surface area contributed by atoms with Gasteiger partial charge in [-0.2, -0.15) is 0 Å². The second kappa shape index (κ2) is 3.96. The molecular formula is C17H17N. The minimum Gasteiger partial charge on any atom is -0.312 e. The van der Waals surface area contributed by atoms with Crippen molar-refractivity contribution in [2.24, 2.45) is 0 Å². The highest BCUT2D eigenvalue weighted by molar-refractivity contribution is 5.49. The highest BCUT2D eigenvalue weighted by atomic mass is 14.9. The lowest BCUT2D eigenvalue weighted by molar-refractivity contribution is 0.589. The third-order valence-electron chi connectivity index (χ3n) is 4.39. The van der Waals surface area contributed by atoms with Crippen molar-refractivity contribution in [3.8, 4) is 0 Å². The summed E-state index contributed by atoms with van der Waals surface area (Å²) in [7, 11) is 0.